The highest BCUT2D eigenvalue weighted by atomic mass is 15.0. The zero-order valence-electron chi connectivity index (χ0n) is 23.6. The zero-order chi connectivity index (χ0) is 28.6. The molecule has 2 heterocycles. The number of benzene rings is 6. The highest BCUT2D eigenvalue weighted by molar-refractivity contribution is 6.11. The number of aromatic nitrogens is 2. The lowest BCUT2D eigenvalue weighted by Crippen LogP contribution is -1.93. The molecule has 0 fully saturated rings. The highest BCUT2D eigenvalue weighted by Crippen LogP contribution is 2.38. The minimum Gasteiger partial charge on any atom is -0.309 e. The Balaban J connectivity index is 1.37. The summed E-state index contributed by atoms with van der Waals surface area (Å²) in [4.78, 5) is 5.10. The number of pyridine rings is 1. The van der Waals surface area contributed by atoms with Gasteiger partial charge in [0.05, 0.1) is 22.4 Å². The maximum absolute atomic E-state index is 5.10. The lowest BCUT2D eigenvalue weighted by molar-refractivity contribution is 1.18. The Morgan fingerprint density at radius 1 is 0.326 bits per heavy atom. The monoisotopic (exact) mass is 548 g/mol. The molecule has 43 heavy (non-hydrogen) atoms. The van der Waals surface area contributed by atoms with Crippen molar-refractivity contribution in [2.75, 3.05) is 0 Å². The van der Waals surface area contributed by atoms with Crippen LogP contribution in [0.3, 0.4) is 0 Å². The summed E-state index contributed by atoms with van der Waals surface area (Å²) in [5.41, 5.74) is 12.4. The van der Waals surface area contributed by atoms with Gasteiger partial charge in [-0.2, -0.15) is 0 Å². The van der Waals surface area contributed by atoms with E-state index in [0.717, 1.165) is 33.8 Å². The molecule has 0 aliphatic rings. The summed E-state index contributed by atoms with van der Waals surface area (Å²) in [5.74, 6) is 0. The fourth-order valence-electron chi connectivity index (χ4n) is 6.08. The molecule has 0 amide bonds. The van der Waals surface area contributed by atoms with Crippen LogP contribution in [-0.2, 0) is 0 Å². The molecule has 2 aromatic heterocycles. The van der Waals surface area contributed by atoms with Gasteiger partial charge in [-0.15, -0.1) is 0 Å². The molecule has 8 aromatic rings. The molecule has 0 bridgehead atoms. The van der Waals surface area contributed by atoms with Gasteiger partial charge in [0.25, 0.3) is 0 Å². The van der Waals surface area contributed by atoms with Crippen molar-refractivity contribution in [1.82, 2.24) is 9.55 Å². The first-order chi connectivity index (χ1) is 21.3. The first-order valence-corrected chi connectivity index (χ1v) is 14.6. The van der Waals surface area contributed by atoms with Gasteiger partial charge in [-0.3, -0.25) is 0 Å². The number of hydrogen-bond acceptors (Lipinski definition) is 1. The second kappa shape index (κ2) is 10.6. The first kappa shape index (κ1) is 25.0. The second-order valence-corrected chi connectivity index (χ2v) is 10.9. The van der Waals surface area contributed by atoms with E-state index in [1.165, 1.54) is 38.5 Å². The fraction of sp³-hybridized carbons (Fsp3) is 0. The quantitative estimate of drug-likeness (QED) is 0.209. The summed E-state index contributed by atoms with van der Waals surface area (Å²) >= 11 is 0. The topological polar surface area (TPSA) is 17.8 Å². The van der Waals surface area contributed by atoms with Crippen LogP contribution >= 0.6 is 0 Å². The lowest BCUT2D eigenvalue weighted by atomic mass is 9.98. The minimum atomic E-state index is 0.968. The van der Waals surface area contributed by atoms with E-state index in [0.29, 0.717) is 0 Å². The Hall–Kier alpha value is -5.73. The van der Waals surface area contributed by atoms with Gasteiger partial charge in [0.2, 0.25) is 0 Å². The van der Waals surface area contributed by atoms with Gasteiger partial charge in [0.1, 0.15) is 0 Å². The third-order valence-corrected chi connectivity index (χ3v) is 8.18. The minimum absolute atomic E-state index is 0.968. The third kappa shape index (κ3) is 4.60. The van der Waals surface area contributed by atoms with Gasteiger partial charge < -0.3 is 4.57 Å². The molecule has 0 spiro atoms. The molecule has 0 unspecified atom stereocenters. The van der Waals surface area contributed by atoms with Gasteiger partial charge >= 0.3 is 0 Å². The van der Waals surface area contributed by atoms with E-state index in [1.54, 1.807) is 0 Å². The van der Waals surface area contributed by atoms with E-state index in [1.807, 2.05) is 12.1 Å². The molecular weight excluding hydrogens is 520 g/mol. The zero-order valence-corrected chi connectivity index (χ0v) is 23.6. The number of rotatable bonds is 5. The number of para-hydroxylation sites is 1. The first-order valence-electron chi connectivity index (χ1n) is 14.6. The maximum Gasteiger partial charge on any atom is 0.0715 e. The van der Waals surface area contributed by atoms with Crippen LogP contribution in [0, 0.1) is 0 Å². The van der Waals surface area contributed by atoms with Crippen LogP contribution in [-0.4, -0.2) is 9.55 Å². The SMILES string of the molecule is c1ccc(-c2ccc3c(c2)c2cc(-c4cc(-c5ccccc5)nc(-c5ccccc5)c4)ccc2n3-c2ccccc2)cc1. The van der Waals surface area contributed by atoms with Crippen LogP contribution < -0.4 is 0 Å². The van der Waals surface area contributed by atoms with Crippen LogP contribution in [0.2, 0.25) is 0 Å². The highest BCUT2D eigenvalue weighted by Gasteiger charge is 2.16. The molecule has 2 heteroatoms. The van der Waals surface area contributed by atoms with Gasteiger partial charge in [-0.1, -0.05) is 121 Å². The number of fused-ring (bicyclic) bond motifs is 3. The summed E-state index contributed by atoms with van der Waals surface area (Å²) in [7, 11) is 0. The van der Waals surface area contributed by atoms with Crippen molar-refractivity contribution >= 4 is 21.8 Å². The van der Waals surface area contributed by atoms with E-state index in [2.05, 4.69) is 162 Å². The van der Waals surface area contributed by atoms with Gasteiger partial charge in [0, 0.05) is 27.6 Å². The number of hydrogen-bond donors (Lipinski definition) is 0. The van der Waals surface area contributed by atoms with Crippen LogP contribution in [0.25, 0.3) is 72.3 Å². The standard InChI is InChI=1S/C41H28N2/c1-5-13-29(14-6-1)32-21-23-40-36(25-32)37-26-33(22-24-41(37)43(40)35-19-11-4-12-20-35)34-27-38(30-15-7-2-8-16-30)42-39(28-34)31-17-9-3-10-18-31/h1-28H. The summed E-state index contributed by atoms with van der Waals surface area (Å²) in [5, 5.41) is 2.47. The summed E-state index contributed by atoms with van der Waals surface area (Å²) < 4.78 is 2.38. The van der Waals surface area contributed by atoms with E-state index < -0.39 is 0 Å². The molecule has 2 nitrogen and oxygen atoms in total. The van der Waals surface area contributed by atoms with Crippen molar-refractivity contribution in [3.05, 3.63) is 170 Å². The molecule has 0 aliphatic heterocycles. The van der Waals surface area contributed by atoms with Gasteiger partial charge in [-0.25, -0.2) is 4.98 Å². The van der Waals surface area contributed by atoms with Crippen molar-refractivity contribution in [2.45, 2.75) is 0 Å². The number of nitrogens with zero attached hydrogens (tertiary/aromatic N) is 2. The maximum atomic E-state index is 5.10. The van der Waals surface area contributed by atoms with Crippen molar-refractivity contribution in [1.29, 1.82) is 0 Å². The summed E-state index contributed by atoms with van der Waals surface area (Å²) in [6.07, 6.45) is 0. The Bertz CT molecular complexity index is 2140. The van der Waals surface area contributed by atoms with E-state index in [4.69, 9.17) is 4.98 Å². The molecule has 0 saturated carbocycles. The van der Waals surface area contributed by atoms with Crippen LogP contribution in [0.4, 0.5) is 0 Å². The second-order valence-electron chi connectivity index (χ2n) is 10.9. The van der Waals surface area contributed by atoms with Crippen molar-refractivity contribution in [3.63, 3.8) is 0 Å². The molecular formula is C41H28N2. The average Bonchev–Trinajstić information content (AvgIpc) is 3.42. The third-order valence-electron chi connectivity index (χ3n) is 8.18. The van der Waals surface area contributed by atoms with Crippen molar-refractivity contribution in [2.24, 2.45) is 0 Å². The molecule has 202 valence electrons. The predicted octanol–water partition coefficient (Wildman–Crippen LogP) is 10.8. The largest absolute Gasteiger partial charge is 0.309 e. The molecule has 0 saturated heterocycles. The van der Waals surface area contributed by atoms with Crippen molar-refractivity contribution < 1.29 is 0 Å². The Kier molecular flexibility index (Phi) is 6.16. The predicted molar refractivity (Wildman–Crippen MR) is 180 cm³/mol. The fourth-order valence-corrected chi connectivity index (χ4v) is 6.08. The Labute approximate surface area is 251 Å². The lowest BCUT2D eigenvalue weighted by Gasteiger charge is -2.11. The van der Waals surface area contributed by atoms with Crippen molar-refractivity contribution in [3.8, 4) is 50.5 Å². The van der Waals surface area contributed by atoms with Crippen LogP contribution in [0.15, 0.2) is 170 Å². The normalized spacial score (nSPS) is 11.3. The Morgan fingerprint density at radius 2 is 0.744 bits per heavy atom. The summed E-state index contributed by atoms with van der Waals surface area (Å²) in [6, 6.07) is 60.3. The van der Waals surface area contributed by atoms with Crippen LogP contribution in [0.1, 0.15) is 0 Å². The summed E-state index contributed by atoms with van der Waals surface area (Å²) in [6.45, 7) is 0. The average molecular weight is 549 g/mol. The molecule has 8 rings (SSSR count). The van der Waals surface area contributed by atoms with E-state index >= 15 is 0 Å². The van der Waals surface area contributed by atoms with E-state index in [9.17, 15) is 0 Å². The smallest absolute Gasteiger partial charge is 0.0715 e. The molecule has 0 aliphatic carbocycles. The van der Waals surface area contributed by atoms with E-state index in [-0.39, 0.29) is 0 Å². The molecule has 6 aromatic carbocycles. The molecule has 0 radical (unpaired) electrons. The van der Waals surface area contributed by atoms with Gasteiger partial charge in [-0.05, 0) is 70.8 Å². The molecule has 0 N–H and O–H groups in total. The van der Waals surface area contributed by atoms with Crippen LogP contribution in [0.5, 0.6) is 0 Å². The molecule has 0 atom stereocenters. The van der Waals surface area contributed by atoms with Gasteiger partial charge in [0.15, 0.2) is 0 Å². The Morgan fingerprint density at radius 3 is 1.23 bits per heavy atom.